The summed E-state index contributed by atoms with van der Waals surface area (Å²) in [5, 5.41) is 10.4. The molecule has 0 heterocycles. The Morgan fingerprint density at radius 3 is 1.66 bits per heavy atom. The summed E-state index contributed by atoms with van der Waals surface area (Å²) < 4.78 is 0. The zero-order valence-corrected chi connectivity index (χ0v) is 24.4. The minimum Gasteiger partial charge on any atom is -0.0836 e. The van der Waals surface area contributed by atoms with Crippen molar-refractivity contribution in [3.63, 3.8) is 0 Å². The molecule has 8 aromatic rings. The summed E-state index contributed by atoms with van der Waals surface area (Å²) in [4.78, 5) is 0. The van der Waals surface area contributed by atoms with Gasteiger partial charge in [-0.25, -0.2) is 0 Å². The van der Waals surface area contributed by atoms with Gasteiger partial charge in [0.1, 0.15) is 0 Å². The van der Waals surface area contributed by atoms with Crippen molar-refractivity contribution in [1.82, 2.24) is 0 Å². The van der Waals surface area contributed by atoms with Crippen LogP contribution >= 0.6 is 0 Å². The van der Waals surface area contributed by atoms with Crippen molar-refractivity contribution < 1.29 is 0 Å². The number of allylic oxidation sites excluding steroid dienone is 1. The molecule has 0 saturated heterocycles. The van der Waals surface area contributed by atoms with Crippen LogP contribution in [0.25, 0.3) is 82.5 Å². The van der Waals surface area contributed by atoms with E-state index in [2.05, 4.69) is 158 Å². The minimum absolute atomic E-state index is 1.13. The SMILES string of the molecule is C1=Cc2cc3c(ccc4c(-c5ccc(-c6c7ccccc7c(-c7ccccc7)c7ccccc67)cc5)cccc43)cc2CC1. The van der Waals surface area contributed by atoms with Crippen LogP contribution in [0.5, 0.6) is 0 Å². The molecule has 1 aliphatic carbocycles. The molecule has 44 heavy (non-hydrogen) atoms. The number of rotatable bonds is 3. The van der Waals surface area contributed by atoms with Gasteiger partial charge >= 0.3 is 0 Å². The van der Waals surface area contributed by atoms with E-state index in [0.29, 0.717) is 0 Å². The second kappa shape index (κ2) is 10.1. The highest BCUT2D eigenvalue weighted by Gasteiger charge is 2.17. The highest BCUT2D eigenvalue weighted by Crippen LogP contribution is 2.44. The van der Waals surface area contributed by atoms with Crippen LogP contribution in [0.2, 0.25) is 0 Å². The Kier molecular flexibility index (Phi) is 5.74. The maximum Gasteiger partial charge on any atom is -0.00264 e. The smallest absolute Gasteiger partial charge is 0.00264 e. The fraction of sp³-hybridized carbons (Fsp3) is 0.0455. The molecule has 0 unspecified atom stereocenters. The first kappa shape index (κ1) is 25.1. The van der Waals surface area contributed by atoms with Gasteiger partial charge in [-0.1, -0.05) is 152 Å². The Hall–Kier alpha value is -5.46. The largest absolute Gasteiger partial charge is 0.0836 e. The molecular formula is C44H30. The van der Waals surface area contributed by atoms with E-state index < -0.39 is 0 Å². The summed E-state index contributed by atoms with van der Waals surface area (Å²) in [6, 6.07) is 53.9. The second-order valence-corrected chi connectivity index (χ2v) is 12.0. The van der Waals surface area contributed by atoms with Gasteiger partial charge < -0.3 is 0 Å². The molecular weight excluding hydrogens is 528 g/mol. The topological polar surface area (TPSA) is 0 Å². The highest BCUT2D eigenvalue weighted by molar-refractivity contribution is 6.21. The molecule has 206 valence electrons. The summed E-state index contributed by atoms with van der Waals surface area (Å²) >= 11 is 0. The second-order valence-electron chi connectivity index (χ2n) is 12.0. The van der Waals surface area contributed by atoms with Gasteiger partial charge in [0.25, 0.3) is 0 Å². The van der Waals surface area contributed by atoms with Crippen LogP contribution in [0.15, 0.2) is 152 Å². The van der Waals surface area contributed by atoms with Crippen molar-refractivity contribution in [1.29, 1.82) is 0 Å². The Morgan fingerprint density at radius 2 is 0.977 bits per heavy atom. The van der Waals surface area contributed by atoms with Crippen LogP contribution in [0.1, 0.15) is 17.5 Å². The normalized spacial score (nSPS) is 12.7. The average molecular weight is 559 g/mol. The lowest BCUT2D eigenvalue weighted by Gasteiger charge is -2.18. The first-order valence-corrected chi connectivity index (χ1v) is 15.6. The molecule has 0 N–H and O–H groups in total. The molecule has 0 aliphatic heterocycles. The van der Waals surface area contributed by atoms with E-state index in [1.807, 2.05) is 0 Å². The van der Waals surface area contributed by atoms with Crippen molar-refractivity contribution in [3.05, 3.63) is 163 Å². The van der Waals surface area contributed by atoms with Crippen molar-refractivity contribution in [2.75, 3.05) is 0 Å². The Bertz CT molecular complexity index is 2350. The van der Waals surface area contributed by atoms with Crippen molar-refractivity contribution in [3.8, 4) is 33.4 Å². The maximum atomic E-state index is 2.40. The number of hydrogen-bond acceptors (Lipinski definition) is 0. The molecule has 0 saturated carbocycles. The molecule has 1 aliphatic rings. The van der Waals surface area contributed by atoms with Gasteiger partial charge in [0.05, 0.1) is 0 Å². The Morgan fingerprint density at radius 1 is 0.386 bits per heavy atom. The average Bonchev–Trinajstić information content (AvgIpc) is 3.10. The lowest BCUT2D eigenvalue weighted by Crippen LogP contribution is -1.94. The molecule has 0 bridgehead atoms. The lowest BCUT2D eigenvalue weighted by atomic mass is 9.85. The lowest BCUT2D eigenvalue weighted by molar-refractivity contribution is 0.989. The maximum absolute atomic E-state index is 2.40. The van der Waals surface area contributed by atoms with Gasteiger partial charge in [-0.3, -0.25) is 0 Å². The fourth-order valence-electron chi connectivity index (χ4n) is 7.45. The standard InChI is InChI=1S/C44H30/c1-2-11-30(12-3-1)43-38-15-6-8-17-40(38)44(41-18-9-7-16-39(41)43)31-23-21-29(22-24-31)35-19-10-20-36-37(35)26-25-34-27-32-13-4-5-14-33(32)28-42(34)36/h1-3,5-12,14-28H,4,13H2. The third kappa shape index (κ3) is 3.92. The van der Waals surface area contributed by atoms with Gasteiger partial charge in [0, 0.05) is 0 Å². The van der Waals surface area contributed by atoms with E-state index in [1.54, 1.807) is 0 Å². The summed E-state index contributed by atoms with van der Waals surface area (Å²) in [7, 11) is 0. The third-order valence-corrected chi connectivity index (χ3v) is 9.49. The summed E-state index contributed by atoms with van der Waals surface area (Å²) in [5.74, 6) is 0. The Labute approximate surface area is 257 Å². The molecule has 8 aromatic carbocycles. The zero-order chi connectivity index (χ0) is 29.0. The summed E-state index contributed by atoms with van der Waals surface area (Å²) in [6.45, 7) is 0. The molecule has 0 nitrogen and oxygen atoms in total. The van der Waals surface area contributed by atoms with Crippen molar-refractivity contribution in [2.24, 2.45) is 0 Å². The Balaban J connectivity index is 1.22. The van der Waals surface area contributed by atoms with Gasteiger partial charge in [0.15, 0.2) is 0 Å². The first-order valence-electron chi connectivity index (χ1n) is 15.6. The number of hydrogen-bond donors (Lipinski definition) is 0. The molecule has 0 amide bonds. The van der Waals surface area contributed by atoms with E-state index in [0.717, 1.165) is 12.8 Å². The van der Waals surface area contributed by atoms with E-state index in [9.17, 15) is 0 Å². The van der Waals surface area contributed by atoms with Crippen LogP contribution < -0.4 is 0 Å². The van der Waals surface area contributed by atoms with E-state index in [1.165, 1.54) is 87.6 Å². The molecule has 0 atom stereocenters. The van der Waals surface area contributed by atoms with Gasteiger partial charge in [-0.15, -0.1) is 0 Å². The van der Waals surface area contributed by atoms with E-state index in [-0.39, 0.29) is 0 Å². The molecule has 0 aromatic heterocycles. The zero-order valence-electron chi connectivity index (χ0n) is 24.4. The van der Waals surface area contributed by atoms with E-state index in [4.69, 9.17) is 0 Å². The first-order chi connectivity index (χ1) is 21.8. The van der Waals surface area contributed by atoms with E-state index >= 15 is 0 Å². The van der Waals surface area contributed by atoms with Gasteiger partial charge in [-0.2, -0.15) is 0 Å². The number of aryl methyl sites for hydroxylation is 1. The predicted molar refractivity (Wildman–Crippen MR) is 190 cm³/mol. The molecule has 0 spiro atoms. The monoisotopic (exact) mass is 558 g/mol. The predicted octanol–water partition coefficient (Wildman–Crippen LogP) is 12.3. The summed E-state index contributed by atoms with van der Waals surface area (Å²) in [6.07, 6.45) is 6.86. The molecule has 0 fully saturated rings. The van der Waals surface area contributed by atoms with Crippen molar-refractivity contribution >= 4 is 49.2 Å². The van der Waals surface area contributed by atoms with Crippen LogP contribution in [0.3, 0.4) is 0 Å². The third-order valence-electron chi connectivity index (χ3n) is 9.49. The quantitative estimate of drug-likeness (QED) is 0.149. The van der Waals surface area contributed by atoms with Crippen LogP contribution in [-0.4, -0.2) is 0 Å². The van der Waals surface area contributed by atoms with Gasteiger partial charge in [-0.05, 0) is 107 Å². The minimum atomic E-state index is 1.13. The van der Waals surface area contributed by atoms with Crippen LogP contribution in [0, 0.1) is 0 Å². The molecule has 0 heteroatoms. The van der Waals surface area contributed by atoms with Crippen molar-refractivity contribution in [2.45, 2.75) is 12.8 Å². The number of benzene rings is 8. The summed E-state index contributed by atoms with van der Waals surface area (Å²) in [5.41, 5.74) is 10.4. The number of fused-ring (bicyclic) bond motifs is 6. The fourth-order valence-corrected chi connectivity index (χ4v) is 7.45. The molecule has 9 rings (SSSR count). The molecule has 0 radical (unpaired) electrons. The highest BCUT2D eigenvalue weighted by atomic mass is 14.2. The van der Waals surface area contributed by atoms with Crippen LogP contribution in [-0.2, 0) is 6.42 Å². The van der Waals surface area contributed by atoms with Gasteiger partial charge in [0.2, 0.25) is 0 Å². The van der Waals surface area contributed by atoms with Crippen LogP contribution in [0.4, 0.5) is 0 Å².